The molecule has 0 bridgehead atoms. The van der Waals surface area contributed by atoms with Gasteiger partial charge in [0.05, 0.1) is 5.57 Å². The van der Waals surface area contributed by atoms with Gasteiger partial charge in [-0.15, -0.1) is 0 Å². The first-order valence-electron chi connectivity index (χ1n) is 6.69. The van der Waals surface area contributed by atoms with E-state index < -0.39 is 0 Å². The average molecular weight is 275 g/mol. The number of allylic oxidation sites excluding steroid dienone is 3. The molecule has 0 aliphatic carbocycles. The highest BCUT2D eigenvalue weighted by molar-refractivity contribution is 6.18. The lowest BCUT2D eigenvalue weighted by molar-refractivity contribution is -0.110. The Kier molecular flexibility index (Phi) is 5.41. The van der Waals surface area contributed by atoms with Crippen molar-refractivity contribution in [3.8, 4) is 0 Å². The van der Waals surface area contributed by atoms with Gasteiger partial charge in [0.2, 0.25) is 6.29 Å². The SMILES string of the molecule is O=[C]C(=CCc1ccccc1)C(=O)C=Cc1ccccc1. The van der Waals surface area contributed by atoms with Crippen LogP contribution in [0.15, 0.2) is 78.4 Å². The van der Waals surface area contributed by atoms with E-state index in [0.29, 0.717) is 6.42 Å². The summed E-state index contributed by atoms with van der Waals surface area (Å²) in [5.74, 6) is -0.329. The van der Waals surface area contributed by atoms with E-state index in [1.54, 1.807) is 18.4 Å². The minimum atomic E-state index is -0.329. The molecular formula is C19H15O2. The number of benzene rings is 2. The molecule has 0 unspecified atom stereocenters. The fourth-order valence-corrected chi connectivity index (χ4v) is 1.85. The Morgan fingerprint density at radius 3 is 2.19 bits per heavy atom. The highest BCUT2D eigenvalue weighted by Crippen LogP contribution is 2.06. The van der Waals surface area contributed by atoms with Gasteiger partial charge in [-0.25, -0.2) is 0 Å². The van der Waals surface area contributed by atoms with Crippen molar-refractivity contribution >= 4 is 18.1 Å². The molecule has 0 N–H and O–H groups in total. The number of hydrogen-bond acceptors (Lipinski definition) is 2. The van der Waals surface area contributed by atoms with Crippen LogP contribution < -0.4 is 0 Å². The van der Waals surface area contributed by atoms with Crippen molar-refractivity contribution in [1.29, 1.82) is 0 Å². The molecule has 0 heterocycles. The molecule has 0 aliphatic rings. The molecule has 0 fully saturated rings. The largest absolute Gasteiger partial charge is 0.289 e. The second-order valence-electron chi connectivity index (χ2n) is 4.52. The lowest BCUT2D eigenvalue weighted by atomic mass is 10.1. The van der Waals surface area contributed by atoms with Crippen molar-refractivity contribution in [1.82, 2.24) is 0 Å². The predicted octanol–water partition coefficient (Wildman–Crippen LogP) is 3.55. The standard InChI is InChI=1S/C19H15O2/c20-15-18(13-11-16-7-3-1-4-8-16)19(21)14-12-17-9-5-2-6-10-17/h1-10,12-14H,11H2. The molecule has 2 aromatic carbocycles. The Hall–Kier alpha value is -2.74. The normalized spacial score (nSPS) is 11.5. The third kappa shape index (κ3) is 4.69. The van der Waals surface area contributed by atoms with E-state index in [1.807, 2.05) is 60.7 Å². The maximum Gasteiger partial charge on any atom is 0.237 e. The van der Waals surface area contributed by atoms with Gasteiger partial charge in [0, 0.05) is 0 Å². The third-order valence-electron chi connectivity index (χ3n) is 2.99. The van der Waals surface area contributed by atoms with Crippen LogP contribution in [0.5, 0.6) is 0 Å². The molecule has 0 saturated carbocycles. The van der Waals surface area contributed by atoms with E-state index in [4.69, 9.17) is 0 Å². The second-order valence-corrected chi connectivity index (χ2v) is 4.52. The van der Waals surface area contributed by atoms with Crippen molar-refractivity contribution in [2.45, 2.75) is 6.42 Å². The summed E-state index contributed by atoms with van der Waals surface area (Å²) in [7, 11) is 0. The Balaban J connectivity index is 2.05. The van der Waals surface area contributed by atoms with Crippen molar-refractivity contribution in [3.63, 3.8) is 0 Å². The summed E-state index contributed by atoms with van der Waals surface area (Å²) in [6.45, 7) is 0. The van der Waals surface area contributed by atoms with Gasteiger partial charge in [-0.3, -0.25) is 9.59 Å². The Labute approximate surface area is 124 Å². The van der Waals surface area contributed by atoms with Crippen molar-refractivity contribution in [2.75, 3.05) is 0 Å². The fraction of sp³-hybridized carbons (Fsp3) is 0.0526. The molecule has 0 atom stereocenters. The maximum atomic E-state index is 12.0. The van der Waals surface area contributed by atoms with Gasteiger partial charge >= 0.3 is 0 Å². The van der Waals surface area contributed by atoms with Gasteiger partial charge in [-0.05, 0) is 23.6 Å². The molecule has 1 radical (unpaired) electrons. The van der Waals surface area contributed by atoms with Crippen LogP contribution in [-0.2, 0) is 16.0 Å². The van der Waals surface area contributed by atoms with Gasteiger partial charge in [0.25, 0.3) is 0 Å². The Bertz CT molecular complexity index is 652. The molecule has 0 aliphatic heterocycles. The molecule has 0 spiro atoms. The number of carbonyl (C=O) groups excluding carboxylic acids is 2. The Morgan fingerprint density at radius 2 is 1.57 bits per heavy atom. The smallest absolute Gasteiger partial charge is 0.237 e. The first-order valence-corrected chi connectivity index (χ1v) is 6.69. The number of ketones is 1. The molecule has 2 heteroatoms. The summed E-state index contributed by atoms with van der Waals surface area (Å²) >= 11 is 0. The summed E-state index contributed by atoms with van der Waals surface area (Å²) in [6.07, 6.45) is 6.96. The van der Waals surface area contributed by atoms with E-state index in [2.05, 4.69) is 0 Å². The van der Waals surface area contributed by atoms with Crippen LogP contribution in [0.1, 0.15) is 11.1 Å². The van der Waals surface area contributed by atoms with Gasteiger partial charge in [0.1, 0.15) is 0 Å². The van der Waals surface area contributed by atoms with E-state index in [1.165, 1.54) is 6.08 Å². The molecular weight excluding hydrogens is 260 g/mol. The first-order chi connectivity index (χ1) is 10.3. The summed E-state index contributed by atoms with van der Waals surface area (Å²) in [4.78, 5) is 22.9. The second kappa shape index (κ2) is 7.75. The molecule has 0 saturated heterocycles. The van der Waals surface area contributed by atoms with Crippen LogP contribution in [0.2, 0.25) is 0 Å². The highest BCUT2D eigenvalue weighted by Gasteiger charge is 2.05. The van der Waals surface area contributed by atoms with Gasteiger partial charge in [-0.1, -0.05) is 72.8 Å². The maximum absolute atomic E-state index is 12.0. The van der Waals surface area contributed by atoms with Crippen LogP contribution >= 0.6 is 0 Å². The lowest BCUT2D eigenvalue weighted by Crippen LogP contribution is -2.00. The predicted molar refractivity (Wildman–Crippen MR) is 84.4 cm³/mol. The zero-order valence-electron chi connectivity index (χ0n) is 11.5. The summed E-state index contributed by atoms with van der Waals surface area (Å²) < 4.78 is 0. The van der Waals surface area contributed by atoms with E-state index in [0.717, 1.165) is 11.1 Å². The zero-order chi connectivity index (χ0) is 14.9. The molecule has 2 aromatic rings. The number of hydrogen-bond donors (Lipinski definition) is 0. The van der Waals surface area contributed by atoms with Crippen LogP contribution in [0.25, 0.3) is 6.08 Å². The Morgan fingerprint density at radius 1 is 0.952 bits per heavy atom. The van der Waals surface area contributed by atoms with Crippen LogP contribution in [0, 0.1) is 0 Å². The lowest BCUT2D eigenvalue weighted by Gasteiger charge is -1.97. The summed E-state index contributed by atoms with van der Waals surface area (Å²) in [5.41, 5.74) is 2.02. The van der Waals surface area contributed by atoms with E-state index in [9.17, 15) is 9.59 Å². The van der Waals surface area contributed by atoms with Crippen molar-refractivity contribution in [3.05, 3.63) is 89.5 Å². The first kappa shape index (κ1) is 14.7. The van der Waals surface area contributed by atoms with Crippen LogP contribution in [-0.4, -0.2) is 12.1 Å². The highest BCUT2D eigenvalue weighted by atomic mass is 16.1. The van der Waals surface area contributed by atoms with Gasteiger partial charge in [0.15, 0.2) is 5.78 Å². The van der Waals surface area contributed by atoms with Gasteiger partial charge < -0.3 is 0 Å². The minimum Gasteiger partial charge on any atom is -0.289 e. The van der Waals surface area contributed by atoms with E-state index in [-0.39, 0.29) is 11.4 Å². The third-order valence-corrected chi connectivity index (χ3v) is 2.99. The topological polar surface area (TPSA) is 34.1 Å². The molecule has 0 aromatic heterocycles. The van der Waals surface area contributed by atoms with Crippen LogP contribution in [0.3, 0.4) is 0 Å². The van der Waals surface area contributed by atoms with E-state index >= 15 is 0 Å². The molecule has 2 rings (SSSR count). The molecule has 2 nitrogen and oxygen atoms in total. The van der Waals surface area contributed by atoms with Gasteiger partial charge in [-0.2, -0.15) is 0 Å². The molecule has 103 valence electrons. The van der Waals surface area contributed by atoms with Crippen molar-refractivity contribution in [2.24, 2.45) is 0 Å². The number of rotatable bonds is 6. The molecule has 21 heavy (non-hydrogen) atoms. The summed E-state index contributed by atoms with van der Waals surface area (Å²) in [6, 6.07) is 19.1. The van der Waals surface area contributed by atoms with Crippen LogP contribution in [0.4, 0.5) is 0 Å². The fourth-order valence-electron chi connectivity index (χ4n) is 1.85. The summed E-state index contributed by atoms with van der Waals surface area (Å²) in [5, 5.41) is 0. The zero-order valence-corrected chi connectivity index (χ0v) is 11.5. The number of carbonyl (C=O) groups is 1. The quantitative estimate of drug-likeness (QED) is 0.459. The molecule has 0 amide bonds. The van der Waals surface area contributed by atoms with Crippen molar-refractivity contribution < 1.29 is 9.59 Å². The monoisotopic (exact) mass is 275 g/mol. The average Bonchev–Trinajstić information content (AvgIpc) is 2.55. The minimum absolute atomic E-state index is 0.0611.